The van der Waals surface area contributed by atoms with E-state index in [9.17, 15) is 0 Å². The zero-order valence-corrected chi connectivity index (χ0v) is 10.2. The fraction of sp³-hybridized carbons (Fsp3) is 0.538. The second-order valence-corrected chi connectivity index (χ2v) is 4.92. The Balaban J connectivity index is 1.87. The summed E-state index contributed by atoms with van der Waals surface area (Å²) in [5.74, 6) is 1.80. The second-order valence-electron chi connectivity index (χ2n) is 4.92. The lowest BCUT2D eigenvalue weighted by Crippen LogP contribution is -2.31. The molecule has 1 aliphatic rings. The van der Waals surface area contributed by atoms with Crippen LogP contribution >= 0.6 is 0 Å². The quantitative estimate of drug-likeness (QED) is 0.851. The Morgan fingerprint density at radius 1 is 1.47 bits per heavy atom. The molecule has 2 aromatic rings. The van der Waals surface area contributed by atoms with Gasteiger partial charge in [0.1, 0.15) is 5.82 Å². The summed E-state index contributed by atoms with van der Waals surface area (Å²) < 4.78 is 2.13. The molecule has 3 heterocycles. The van der Waals surface area contributed by atoms with Crippen molar-refractivity contribution in [2.45, 2.75) is 26.2 Å². The van der Waals surface area contributed by atoms with Crippen molar-refractivity contribution in [2.24, 2.45) is 5.92 Å². The number of aromatic nitrogens is 3. The van der Waals surface area contributed by atoms with E-state index in [1.54, 1.807) is 0 Å². The summed E-state index contributed by atoms with van der Waals surface area (Å²) in [6.45, 7) is 4.35. The molecule has 3 rings (SSSR count). The van der Waals surface area contributed by atoms with Crippen LogP contribution in [0.5, 0.6) is 0 Å². The fourth-order valence-corrected chi connectivity index (χ4v) is 2.59. The third-order valence-corrected chi connectivity index (χ3v) is 3.57. The molecule has 1 atom stereocenters. The maximum Gasteiger partial charge on any atom is 0.163 e. The van der Waals surface area contributed by atoms with Gasteiger partial charge in [0.05, 0.1) is 0 Å². The van der Waals surface area contributed by atoms with Crippen LogP contribution in [0.2, 0.25) is 0 Å². The van der Waals surface area contributed by atoms with E-state index in [4.69, 9.17) is 0 Å². The molecule has 1 saturated heterocycles. The van der Waals surface area contributed by atoms with E-state index in [2.05, 4.69) is 45.2 Å². The summed E-state index contributed by atoms with van der Waals surface area (Å²) in [7, 11) is 0. The molecular weight excluding hydrogens is 212 g/mol. The molecule has 0 saturated carbocycles. The van der Waals surface area contributed by atoms with Crippen molar-refractivity contribution in [3.63, 3.8) is 0 Å². The Morgan fingerprint density at radius 2 is 2.41 bits per heavy atom. The Morgan fingerprint density at radius 3 is 3.24 bits per heavy atom. The summed E-state index contributed by atoms with van der Waals surface area (Å²) in [4.78, 5) is 0. The maximum absolute atomic E-state index is 4.34. The number of aryl methyl sites for hydroxylation is 1. The lowest BCUT2D eigenvalue weighted by Gasteiger charge is -2.21. The van der Waals surface area contributed by atoms with Gasteiger partial charge in [-0.1, -0.05) is 6.07 Å². The Kier molecular flexibility index (Phi) is 2.81. The highest BCUT2D eigenvalue weighted by Crippen LogP contribution is 2.17. The smallest absolute Gasteiger partial charge is 0.163 e. The van der Waals surface area contributed by atoms with Gasteiger partial charge in [-0.3, -0.25) is 4.40 Å². The van der Waals surface area contributed by atoms with Crippen molar-refractivity contribution >= 4 is 5.65 Å². The van der Waals surface area contributed by atoms with E-state index in [1.165, 1.54) is 18.4 Å². The van der Waals surface area contributed by atoms with E-state index in [0.29, 0.717) is 5.92 Å². The zero-order valence-electron chi connectivity index (χ0n) is 10.2. The van der Waals surface area contributed by atoms with Crippen LogP contribution in [0.15, 0.2) is 18.3 Å². The number of fused-ring (bicyclic) bond motifs is 1. The van der Waals surface area contributed by atoms with Crippen molar-refractivity contribution in [3.8, 4) is 0 Å². The van der Waals surface area contributed by atoms with Crippen LogP contribution in [0, 0.1) is 12.8 Å². The normalized spacial score (nSPS) is 20.9. The van der Waals surface area contributed by atoms with Crippen LogP contribution in [0.25, 0.3) is 5.65 Å². The number of hydrogen-bond acceptors (Lipinski definition) is 3. The topological polar surface area (TPSA) is 42.2 Å². The molecule has 1 aliphatic heterocycles. The van der Waals surface area contributed by atoms with E-state index < -0.39 is 0 Å². The molecule has 17 heavy (non-hydrogen) atoms. The maximum atomic E-state index is 4.34. The monoisotopic (exact) mass is 230 g/mol. The highest BCUT2D eigenvalue weighted by Gasteiger charge is 2.16. The number of nitrogens with zero attached hydrogens (tertiary/aromatic N) is 3. The van der Waals surface area contributed by atoms with Gasteiger partial charge < -0.3 is 5.32 Å². The van der Waals surface area contributed by atoms with Crippen molar-refractivity contribution in [1.82, 2.24) is 19.9 Å². The minimum Gasteiger partial charge on any atom is -0.316 e. The molecule has 1 fully saturated rings. The minimum absolute atomic E-state index is 0.705. The lowest BCUT2D eigenvalue weighted by molar-refractivity contribution is 0.370. The summed E-state index contributed by atoms with van der Waals surface area (Å²) in [5, 5.41) is 12.1. The average molecular weight is 230 g/mol. The predicted molar refractivity (Wildman–Crippen MR) is 67.0 cm³/mol. The van der Waals surface area contributed by atoms with Crippen LogP contribution in [0.1, 0.15) is 24.2 Å². The molecule has 0 radical (unpaired) electrons. The molecule has 4 nitrogen and oxygen atoms in total. The first-order chi connectivity index (χ1) is 8.34. The summed E-state index contributed by atoms with van der Waals surface area (Å²) >= 11 is 0. The molecule has 1 unspecified atom stereocenters. The van der Waals surface area contributed by atoms with Crippen LogP contribution < -0.4 is 5.32 Å². The summed E-state index contributed by atoms with van der Waals surface area (Å²) in [5.41, 5.74) is 2.18. The van der Waals surface area contributed by atoms with Gasteiger partial charge >= 0.3 is 0 Å². The standard InChI is InChI=1S/C13H18N4/c1-10-4-3-7-17-12(15-16-13(10)17)8-11-5-2-6-14-9-11/h3-4,7,11,14H,2,5-6,8-9H2,1H3. The number of piperidine rings is 1. The first-order valence-electron chi connectivity index (χ1n) is 6.34. The van der Waals surface area contributed by atoms with Gasteiger partial charge in [0, 0.05) is 12.6 Å². The molecule has 0 bridgehead atoms. The Labute approximate surface area is 101 Å². The summed E-state index contributed by atoms with van der Waals surface area (Å²) in [6, 6.07) is 4.14. The lowest BCUT2D eigenvalue weighted by atomic mass is 9.96. The van der Waals surface area contributed by atoms with Crippen LogP contribution in [0.3, 0.4) is 0 Å². The molecule has 0 aliphatic carbocycles. The highest BCUT2D eigenvalue weighted by molar-refractivity contribution is 5.46. The van der Waals surface area contributed by atoms with Gasteiger partial charge in [0.2, 0.25) is 0 Å². The zero-order chi connectivity index (χ0) is 11.7. The number of nitrogens with one attached hydrogen (secondary N) is 1. The van der Waals surface area contributed by atoms with Crippen LogP contribution in [0.4, 0.5) is 0 Å². The number of pyridine rings is 1. The molecule has 4 heteroatoms. The van der Waals surface area contributed by atoms with Gasteiger partial charge in [0.15, 0.2) is 5.65 Å². The highest BCUT2D eigenvalue weighted by atomic mass is 15.2. The molecule has 90 valence electrons. The number of rotatable bonds is 2. The molecular formula is C13H18N4. The minimum atomic E-state index is 0.705. The third-order valence-electron chi connectivity index (χ3n) is 3.57. The molecule has 0 spiro atoms. The molecule has 0 aromatic carbocycles. The second kappa shape index (κ2) is 4.45. The number of hydrogen-bond donors (Lipinski definition) is 1. The predicted octanol–water partition coefficient (Wildman–Crippen LogP) is 1.58. The Hall–Kier alpha value is -1.42. The summed E-state index contributed by atoms with van der Waals surface area (Å²) in [6.07, 6.45) is 5.67. The van der Waals surface area contributed by atoms with E-state index >= 15 is 0 Å². The SMILES string of the molecule is Cc1cccn2c(CC3CCCNC3)nnc12. The Bertz CT molecular complexity index is 511. The largest absolute Gasteiger partial charge is 0.316 e. The van der Waals surface area contributed by atoms with E-state index in [0.717, 1.165) is 31.0 Å². The van der Waals surface area contributed by atoms with Gasteiger partial charge in [-0.15, -0.1) is 10.2 Å². The van der Waals surface area contributed by atoms with Crippen molar-refractivity contribution in [3.05, 3.63) is 29.7 Å². The van der Waals surface area contributed by atoms with E-state index in [1.807, 2.05) is 0 Å². The molecule has 0 amide bonds. The van der Waals surface area contributed by atoms with Gasteiger partial charge in [-0.25, -0.2) is 0 Å². The van der Waals surface area contributed by atoms with Crippen LogP contribution in [-0.2, 0) is 6.42 Å². The van der Waals surface area contributed by atoms with Crippen LogP contribution in [-0.4, -0.2) is 27.7 Å². The third kappa shape index (κ3) is 2.05. The van der Waals surface area contributed by atoms with Crippen molar-refractivity contribution < 1.29 is 0 Å². The molecule has 2 aromatic heterocycles. The van der Waals surface area contributed by atoms with Gasteiger partial charge in [0.25, 0.3) is 0 Å². The van der Waals surface area contributed by atoms with Crippen molar-refractivity contribution in [1.29, 1.82) is 0 Å². The van der Waals surface area contributed by atoms with Gasteiger partial charge in [-0.2, -0.15) is 0 Å². The first-order valence-corrected chi connectivity index (χ1v) is 6.34. The first kappa shape index (κ1) is 10.7. The van der Waals surface area contributed by atoms with Gasteiger partial charge in [-0.05, 0) is 50.4 Å². The van der Waals surface area contributed by atoms with E-state index in [-0.39, 0.29) is 0 Å². The van der Waals surface area contributed by atoms with Crippen molar-refractivity contribution in [2.75, 3.05) is 13.1 Å². The molecule has 1 N–H and O–H groups in total. The fourth-order valence-electron chi connectivity index (χ4n) is 2.59. The average Bonchev–Trinajstić information content (AvgIpc) is 2.76.